The van der Waals surface area contributed by atoms with E-state index in [0.717, 1.165) is 25.7 Å². The molecule has 0 atom stereocenters. The number of hydrogen-bond donors (Lipinski definition) is 1. The van der Waals surface area contributed by atoms with Gasteiger partial charge in [0.2, 0.25) is 10.0 Å². The molecule has 172 valence electrons. The van der Waals surface area contributed by atoms with Crippen molar-refractivity contribution in [3.8, 4) is 0 Å². The molecule has 9 heteroatoms. The summed E-state index contributed by atoms with van der Waals surface area (Å²) in [5.41, 5.74) is 1.39. The lowest BCUT2D eigenvalue weighted by molar-refractivity contribution is 0.0526. The molecule has 1 aliphatic rings. The Bertz CT molecular complexity index is 1110. The quantitative estimate of drug-likeness (QED) is 0.610. The van der Waals surface area contributed by atoms with Gasteiger partial charge in [-0.3, -0.25) is 4.79 Å². The fourth-order valence-corrected chi connectivity index (χ4v) is 5.64. The van der Waals surface area contributed by atoms with Crippen LogP contribution in [-0.4, -0.2) is 44.3 Å². The molecule has 1 heterocycles. The van der Waals surface area contributed by atoms with Gasteiger partial charge in [0, 0.05) is 24.3 Å². The van der Waals surface area contributed by atoms with E-state index < -0.39 is 21.9 Å². The molecule has 0 unspecified atom stereocenters. The minimum Gasteiger partial charge on any atom is -0.462 e. The van der Waals surface area contributed by atoms with E-state index in [1.807, 2.05) is 0 Å². The van der Waals surface area contributed by atoms with Crippen molar-refractivity contribution in [2.45, 2.75) is 44.4 Å². The van der Waals surface area contributed by atoms with E-state index in [4.69, 9.17) is 16.3 Å². The van der Waals surface area contributed by atoms with E-state index >= 15 is 0 Å². The van der Waals surface area contributed by atoms with Gasteiger partial charge in [0.05, 0.1) is 22.1 Å². The first-order valence-corrected chi connectivity index (χ1v) is 12.4. The number of rotatable bonds is 6. The zero-order valence-corrected chi connectivity index (χ0v) is 19.8. The van der Waals surface area contributed by atoms with E-state index in [1.165, 1.54) is 22.5 Å². The van der Waals surface area contributed by atoms with Gasteiger partial charge in [-0.25, -0.2) is 13.2 Å². The number of sulfonamides is 1. The molecule has 0 bridgehead atoms. The maximum Gasteiger partial charge on any atom is 0.339 e. The van der Waals surface area contributed by atoms with Crippen LogP contribution in [-0.2, 0) is 14.8 Å². The third-order valence-electron chi connectivity index (χ3n) is 5.36. The van der Waals surface area contributed by atoms with Crippen LogP contribution in [0.1, 0.15) is 58.9 Å². The van der Waals surface area contributed by atoms with Gasteiger partial charge in [0.25, 0.3) is 5.91 Å². The summed E-state index contributed by atoms with van der Waals surface area (Å²) in [4.78, 5) is 24.8. The van der Waals surface area contributed by atoms with E-state index in [-0.39, 0.29) is 27.7 Å². The molecular formula is C23H27ClN2O5S. The van der Waals surface area contributed by atoms with Crippen LogP contribution in [0.15, 0.2) is 41.3 Å². The molecule has 0 radical (unpaired) electrons. The Morgan fingerprint density at radius 1 is 1.06 bits per heavy atom. The number of nitrogens with zero attached hydrogens (tertiary/aromatic N) is 1. The number of amides is 1. The Balaban J connectivity index is 1.82. The lowest BCUT2D eigenvalue weighted by atomic mass is 10.1. The number of hydrogen-bond acceptors (Lipinski definition) is 5. The number of ether oxygens (including phenoxy) is 1. The number of benzene rings is 2. The van der Waals surface area contributed by atoms with Gasteiger partial charge in [0.15, 0.2) is 0 Å². The van der Waals surface area contributed by atoms with Crippen molar-refractivity contribution in [3.05, 3.63) is 58.1 Å². The van der Waals surface area contributed by atoms with Crippen molar-refractivity contribution in [1.82, 2.24) is 4.31 Å². The highest BCUT2D eigenvalue weighted by Gasteiger charge is 2.27. The van der Waals surface area contributed by atoms with Crippen LogP contribution in [0.3, 0.4) is 0 Å². The summed E-state index contributed by atoms with van der Waals surface area (Å²) < 4.78 is 32.9. The van der Waals surface area contributed by atoms with Crippen molar-refractivity contribution in [3.63, 3.8) is 0 Å². The molecule has 32 heavy (non-hydrogen) atoms. The Kier molecular flexibility index (Phi) is 7.92. The Morgan fingerprint density at radius 3 is 2.38 bits per heavy atom. The van der Waals surface area contributed by atoms with Gasteiger partial charge >= 0.3 is 5.97 Å². The largest absolute Gasteiger partial charge is 0.462 e. The molecule has 3 rings (SSSR count). The van der Waals surface area contributed by atoms with Crippen molar-refractivity contribution < 1.29 is 22.7 Å². The Labute approximate surface area is 193 Å². The number of nitrogens with one attached hydrogen (secondary N) is 1. The lowest BCUT2D eigenvalue weighted by Gasteiger charge is -2.21. The molecule has 0 spiro atoms. The predicted octanol–water partition coefficient (Wildman–Crippen LogP) is 4.64. The zero-order chi connectivity index (χ0) is 23.3. The minimum atomic E-state index is -3.69. The molecule has 0 aliphatic carbocycles. The number of esters is 1. The lowest BCUT2D eigenvalue weighted by Crippen LogP contribution is -2.32. The molecule has 2 aromatic carbocycles. The van der Waals surface area contributed by atoms with Crippen molar-refractivity contribution >= 4 is 39.2 Å². The molecule has 1 saturated heterocycles. The first-order chi connectivity index (χ1) is 15.2. The summed E-state index contributed by atoms with van der Waals surface area (Å²) in [5, 5.41) is 2.85. The van der Waals surface area contributed by atoms with Crippen LogP contribution < -0.4 is 5.32 Å². The van der Waals surface area contributed by atoms with Gasteiger partial charge in [0.1, 0.15) is 0 Å². The fraction of sp³-hybridized carbons (Fsp3) is 0.391. The van der Waals surface area contributed by atoms with Gasteiger partial charge in [-0.2, -0.15) is 4.31 Å². The summed E-state index contributed by atoms with van der Waals surface area (Å²) in [5.74, 6) is -1.02. The standard InChI is InChI=1S/C23H27ClN2O5S/c1-3-31-23(28)19-11-10-18(15-20(19)24)25-22(27)17-9-8-16(2)21(14-17)32(29,30)26-12-6-4-5-7-13-26/h8-11,14-15H,3-7,12-13H2,1-2H3,(H,25,27). The molecular weight excluding hydrogens is 452 g/mol. The molecule has 7 nitrogen and oxygen atoms in total. The summed E-state index contributed by atoms with van der Waals surface area (Å²) in [6.45, 7) is 4.63. The maximum atomic E-state index is 13.2. The van der Waals surface area contributed by atoms with Gasteiger partial charge < -0.3 is 10.1 Å². The number of aryl methyl sites for hydroxylation is 1. The third-order valence-corrected chi connectivity index (χ3v) is 7.71. The SMILES string of the molecule is CCOC(=O)c1ccc(NC(=O)c2ccc(C)c(S(=O)(=O)N3CCCCCC3)c2)cc1Cl. The molecule has 0 aromatic heterocycles. The molecule has 2 aromatic rings. The fourth-order valence-electron chi connectivity index (χ4n) is 3.61. The first kappa shape index (κ1) is 24.2. The molecule has 1 amide bonds. The highest BCUT2D eigenvalue weighted by Crippen LogP contribution is 2.26. The first-order valence-electron chi connectivity index (χ1n) is 10.6. The van der Waals surface area contributed by atoms with Crippen molar-refractivity contribution in [1.29, 1.82) is 0 Å². The minimum absolute atomic E-state index is 0.141. The third kappa shape index (κ3) is 5.49. The van der Waals surface area contributed by atoms with Gasteiger partial charge in [-0.05, 0) is 62.6 Å². The summed E-state index contributed by atoms with van der Waals surface area (Å²) in [6.07, 6.45) is 3.71. The second-order valence-electron chi connectivity index (χ2n) is 7.67. The monoisotopic (exact) mass is 478 g/mol. The van der Waals surface area contributed by atoms with Crippen LogP contribution in [0.4, 0.5) is 5.69 Å². The highest BCUT2D eigenvalue weighted by molar-refractivity contribution is 7.89. The molecule has 0 saturated carbocycles. The number of carbonyl (C=O) groups excluding carboxylic acids is 2. The Morgan fingerprint density at radius 2 is 1.75 bits per heavy atom. The topological polar surface area (TPSA) is 92.8 Å². The Hall–Kier alpha value is -2.42. The second kappa shape index (κ2) is 10.5. The van der Waals surface area contributed by atoms with Crippen LogP contribution in [0.2, 0.25) is 5.02 Å². The van der Waals surface area contributed by atoms with Gasteiger partial charge in [-0.1, -0.05) is 30.5 Å². The van der Waals surface area contributed by atoms with Crippen molar-refractivity contribution in [2.24, 2.45) is 0 Å². The van der Waals surface area contributed by atoms with Gasteiger partial charge in [-0.15, -0.1) is 0 Å². The van der Waals surface area contributed by atoms with E-state index in [9.17, 15) is 18.0 Å². The van der Waals surface area contributed by atoms with Crippen LogP contribution in [0, 0.1) is 6.92 Å². The van der Waals surface area contributed by atoms with Crippen LogP contribution in [0.5, 0.6) is 0 Å². The number of anilines is 1. The van der Waals surface area contributed by atoms with Crippen LogP contribution >= 0.6 is 11.6 Å². The maximum absolute atomic E-state index is 13.2. The average molecular weight is 479 g/mol. The average Bonchev–Trinajstić information content (AvgIpc) is 3.04. The second-order valence-corrected chi connectivity index (χ2v) is 9.98. The molecule has 1 fully saturated rings. The van der Waals surface area contributed by atoms with Crippen molar-refractivity contribution in [2.75, 3.05) is 25.0 Å². The van der Waals surface area contributed by atoms with E-state index in [1.54, 1.807) is 32.0 Å². The van der Waals surface area contributed by atoms with E-state index in [2.05, 4.69) is 5.32 Å². The molecule has 1 aliphatic heterocycles. The number of halogens is 1. The predicted molar refractivity (Wildman–Crippen MR) is 124 cm³/mol. The normalized spacial score (nSPS) is 15.1. The van der Waals surface area contributed by atoms with E-state index in [0.29, 0.717) is 24.3 Å². The zero-order valence-electron chi connectivity index (χ0n) is 18.2. The smallest absolute Gasteiger partial charge is 0.339 e. The number of carbonyl (C=O) groups is 2. The summed E-state index contributed by atoms with van der Waals surface area (Å²) in [6, 6.07) is 9.10. The molecule has 1 N–H and O–H groups in total. The summed E-state index contributed by atoms with van der Waals surface area (Å²) >= 11 is 6.16. The van der Waals surface area contributed by atoms with Crippen LogP contribution in [0.25, 0.3) is 0 Å². The summed E-state index contributed by atoms with van der Waals surface area (Å²) in [7, 11) is -3.69. The highest BCUT2D eigenvalue weighted by atomic mass is 35.5.